The summed E-state index contributed by atoms with van der Waals surface area (Å²) in [5.41, 5.74) is 7.96. The van der Waals surface area contributed by atoms with Crippen LogP contribution in [0.5, 0.6) is 0 Å². The first-order valence-corrected chi connectivity index (χ1v) is 11.1. The van der Waals surface area contributed by atoms with Gasteiger partial charge in [0.25, 0.3) is 0 Å². The zero-order valence-corrected chi connectivity index (χ0v) is 16.9. The third kappa shape index (κ3) is 3.62. The van der Waals surface area contributed by atoms with Gasteiger partial charge in [-0.25, -0.2) is 5.43 Å². The summed E-state index contributed by atoms with van der Waals surface area (Å²) in [5.74, 6) is 0.544. The first-order chi connectivity index (χ1) is 14.2. The molecule has 7 heteroatoms. The molecule has 0 aromatic heterocycles. The highest BCUT2D eigenvalue weighted by atomic mass is 16.2. The van der Waals surface area contributed by atoms with Gasteiger partial charge in [-0.2, -0.15) is 0 Å². The van der Waals surface area contributed by atoms with Crippen LogP contribution in [0.2, 0.25) is 0 Å². The minimum atomic E-state index is -0.199. The van der Waals surface area contributed by atoms with Crippen molar-refractivity contribution in [2.75, 3.05) is 37.6 Å². The van der Waals surface area contributed by atoms with Gasteiger partial charge in [-0.15, -0.1) is 0 Å². The molecule has 29 heavy (non-hydrogen) atoms. The van der Waals surface area contributed by atoms with E-state index in [1.54, 1.807) is 0 Å². The summed E-state index contributed by atoms with van der Waals surface area (Å²) in [6, 6.07) is 10.8. The molecule has 2 amide bonds. The summed E-state index contributed by atoms with van der Waals surface area (Å²) in [7, 11) is 0. The molecule has 4 unspecified atom stereocenters. The minimum Gasteiger partial charge on any atom is -0.368 e. The molecule has 0 bridgehead atoms. The number of para-hydroxylation sites is 1. The molecule has 0 spiro atoms. The molecule has 5 rings (SSSR count). The smallest absolute Gasteiger partial charge is 0.228 e. The fraction of sp³-hybridized carbons (Fsp3) is 0.636. The van der Waals surface area contributed by atoms with Crippen molar-refractivity contribution in [2.24, 2.45) is 11.8 Å². The van der Waals surface area contributed by atoms with Crippen LogP contribution in [0, 0.1) is 11.8 Å². The van der Waals surface area contributed by atoms with E-state index in [-0.39, 0.29) is 23.9 Å². The van der Waals surface area contributed by atoms with E-state index in [1.165, 1.54) is 24.9 Å². The van der Waals surface area contributed by atoms with Crippen molar-refractivity contribution in [3.8, 4) is 0 Å². The summed E-state index contributed by atoms with van der Waals surface area (Å²) in [6.45, 7) is 3.70. The van der Waals surface area contributed by atoms with Crippen molar-refractivity contribution in [1.82, 2.24) is 20.7 Å². The van der Waals surface area contributed by atoms with Crippen LogP contribution in [-0.4, -0.2) is 66.5 Å². The number of rotatable bonds is 3. The molecule has 7 nitrogen and oxygen atoms in total. The van der Waals surface area contributed by atoms with E-state index in [4.69, 9.17) is 0 Å². The van der Waals surface area contributed by atoms with Gasteiger partial charge in [0, 0.05) is 56.8 Å². The Labute approximate surface area is 172 Å². The number of fused-ring (bicyclic) bond motifs is 1. The van der Waals surface area contributed by atoms with Gasteiger partial charge in [-0.05, 0) is 25.0 Å². The highest BCUT2D eigenvalue weighted by Crippen LogP contribution is 2.34. The number of likely N-dealkylation sites (tertiary alicyclic amines) is 1. The van der Waals surface area contributed by atoms with E-state index in [1.807, 2.05) is 28.0 Å². The van der Waals surface area contributed by atoms with Crippen LogP contribution in [0.3, 0.4) is 0 Å². The Morgan fingerprint density at radius 3 is 2.52 bits per heavy atom. The zero-order chi connectivity index (χ0) is 19.8. The second kappa shape index (κ2) is 7.95. The first-order valence-electron chi connectivity index (χ1n) is 11.1. The normalized spacial score (nSPS) is 32.6. The highest BCUT2D eigenvalue weighted by molar-refractivity contribution is 5.89. The molecule has 1 aliphatic carbocycles. The number of benzene rings is 1. The molecule has 0 radical (unpaired) electrons. The lowest BCUT2D eigenvalue weighted by molar-refractivity contribution is -0.136. The van der Waals surface area contributed by atoms with Gasteiger partial charge in [0.15, 0.2) is 0 Å². The van der Waals surface area contributed by atoms with E-state index in [9.17, 15) is 9.59 Å². The molecule has 1 aromatic rings. The third-order valence-electron chi connectivity index (χ3n) is 7.20. The van der Waals surface area contributed by atoms with Crippen LogP contribution < -0.4 is 15.8 Å². The lowest BCUT2D eigenvalue weighted by atomic mass is 9.84. The highest BCUT2D eigenvalue weighted by Gasteiger charge is 2.46. The van der Waals surface area contributed by atoms with Gasteiger partial charge in [-0.1, -0.05) is 31.0 Å². The monoisotopic (exact) mass is 397 g/mol. The van der Waals surface area contributed by atoms with Gasteiger partial charge in [-0.3, -0.25) is 15.0 Å². The molecule has 4 aliphatic rings. The van der Waals surface area contributed by atoms with Crippen LogP contribution in [-0.2, 0) is 9.59 Å². The van der Waals surface area contributed by atoms with Crippen molar-refractivity contribution in [3.63, 3.8) is 0 Å². The van der Waals surface area contributed by atoms with E-state index >= 15 is 0 Å². The van der Waals surface area contributed by atoms with E-state index in [2.05, 4.69) is 27.9 Å². The summed E-state index contributed by atoms with van der Waals surface area (Å²) in [4.78, 5) is 32.1. The fourth-order valence-electron chi connectivity index (χ4n) is 5.57. The molecule has 2 N–H and O–H groups in total. The number of hydrogen-bond donors (Lipinski definition) is 2. The van der Waals surface area contributed by atoms with E-state index in [0.29, 0.717) is 24.9 Å². The van der Waals surface area contributed by atoms with Crippen molar-refractivity contribution in [3.05, 3.63) is 30.3 Å². The number of carbonyl (C=O) groups is 2. The largest absolute Gasteiger partial charge is 0.368 e. The molecule has 156 valence electrons. The van der Waals surface area contributed by atoms with Gasteiger partial charge < -0.3 is 14.7 Å². The molecular weight excluding hydrogens is 366 g/mol. The summed E-state index contributed by atoms with van der Waals surface area (Å²) >= 11 is 0. The molecular formula is C22H31N5O2. The Morgan fingerprint density at radius 2 is 1.72 bits per heavy atom. The van der Waals surface area contributed by atoms with Gasteiger partial charge in [0.2, 0.25) is 11.8 Å². The predicted molar refractivity (Wildman–Crippen MR) is 111 cm³/mol. The van der Waals surface area contributed by atoms with E-state index in [0.717, 1.165) is 32.6 Å². The maximum absolute atomic E-state index is 13.1. The number of hydrazine groups is 1. The molecule has 3 aliphatic heterocycles. The van der Waals surface area contributed by atoms with Crippen molar-refractivity contribution >= 4 is 17.5 Å². The lowest BCUT2D eigenvalue weighted by Crippen LogP contribution is -2.51. The maximum atomic E-state index is 13.1. The third-order valence-corrected chi connectivity index (χ3v) is 7.20. The summed E-state index contributed by atoms with van der Waals surface area (Å²) in [5, 5.41) is 0. The maximum Gasteiger partial charge on any atom is 0.228 e. The average molecular weight is 398 g/mol. The Morgan fingerprint density at radius 1 is 0.966 bits per heavy atom. The topological polar surface area (TPSA) is 67.9 Å². The summed E-state index contributed by atoms with van der Waals surface area (Å²) < 4.78 is 0. The Hall–Kier alpha value is -2.12. The first kappa shape index (κ1) is 18.9. The standard InChI is InChI=1S/C22H31N5O2/c28-20-14-16(15-27(20)21-18-8-4-5-9-19(18)23-24-21)22(29)26-12-10-25(11-13-26)17-6-2-1-3-7-17/h1-3,6-7,16,18-19,21,23-24H,4-5,8-15H2. The molecule has 3 saturated heterocycles. The number of piperazine rings is 1. The predicted octanol–water partition coefficient (Wildman–Crippen LogP) is 1.18. The lowest BCUT2D eigenvalue weighted by Gasteiger charge is -2.37. The minimum absolute atomic E-state index is 0.0422. The molecule has 1 saturated carbocycles. The summed E-state index contributed by atoms with van der Waals surface area (Å²) in [6.07, 6.45) is 5.21. The van der Waals surface area contributed by atoms with Crippen LogP contribution in [0.1, 0.15) is 32.1 Å². The quantitative estimate of drug-likeness (QED) is 0.802. The number of carbonyl (C=O) groups excluding carboxylic acids is 2. The second-order valence-electron chi connectivity index (χ2n) is 8.88. The van der Waals surface area contributed by atoms with Crippen LogP contribution in [0.25, 0.3) is 0 Å². The Bertz CT molecular complexity index is 749. The van der Waals surface area contributed by atoms with Crippen LogP contribution >= 0.6 is 0 Å². The molecule has 3 heterocycles. The SMILES string of the molecule is O=C(C1CC(=O)N(C2NNC3CCCCC32)C1)N1CCN(c2ccccc2)CC1. The number of amides is 2. The molecule has 1 aromatic carbocycles. The second-order valence-corrected chi connectivity index (χ2v) is 8.88. The van der Waals surface area contributed by atoms with Crippen molar-refractivity contribution < 1.29 is 9.59 Å². The Balaban J connectivity index is 1.18. The zero-order valence-electron chi connectivity index (χ0n) is 16.9. The molecule has 4 atom stereocenters. The number of hydrogen-bond acceptors (Lipinski definition) is 5. The Kier molecular flexibility index (Phi) is 5.18. The van der Waals surface area contributed by atoms with Gasteiger partial charge in [0.05, 0.1) is 12.1 Å². The van der Waals surface area contributed by atoms with Gasteiger partial charge in [0.1, 0.15) is 0 Å². The van der Waals surface area contributed by atoms with Crippen LogP contribution in [0.4, 0.5) is 5.69 Å². The van der Waals surface area contributed by atoms with Crippen molar-refractivity contribution in [1.29, 1.82) is 0 Å². The molecule has 4 fully saturated rings. The number of nitrogens with one attached hydrogen (secondary N) is 2. The van der Waals surface area contributed by atoms with E-state index < -0.39 is 0 Å². The number of anilines is 1. The fourth-order valence-corrected chi connectivity index (χ4v) is 5.57. The average Bonchev–Trinajstić information content (AvgIpc) is 3.37. The van der Waals surface area contributed by atoms with Crippen LogP contribution in [0.15, 0.2) is 30.3 Å². The number of nitrogens with zero attached hydrogens (tertiary/aromatic N) is 3. The van der Waals surface area contributed by atoms with Gasteiger partial charge >= 0.3 is 0 Å². The van der Waals surface area contributed by atoms with Crippen molar-refractivity contribution in [2.45, 2.75) is 44.3 Å².